The lowest BCUT2D eigenvalue weighted by Crippen LogP contribution is -2.74. The lowest BCUT2D eigenvalue weighted by molar-refractivity contribution is -0.165. The van der Waals surface area contributed by atoms with Crippen molar-refractivity contribution in [3.8, 4) is 0 Å². The Morgan fingerprint density at radius 1 is 1.05 bits per heavy atom. The standard InChI is InChI=1S/C29H26N2O5S2/c1-2-22(32)21-17-38-28-24(30-23(33)16-20-14-9-15-37-20)27(34)31(28)25(21)29(35)36-26(18-10-5-3-6-11-18)19-12-7-4-8-13-19/h2-15,17,22,24-26,28,32H,1,16H2,(H,30,33)/t22?,24-,25?,28-/m1/s1. The normalized spacial score (nSPS) is 21.1. The van der Waals surface area contributed by atoms with E-state index in [1.807, 2.05) is 78.2 Å². The minimum Gasteiger partial charge on any atom is -0.451 e. The molecule has 0 bridgehead atoms. The van der Waals surface area contributed by atoms with Crippen molar-refractivity contribution in [3.05, 3.63) is 118 Å². The number of benzene rings is 2. The molecule has 38 heavy (non-hydrogen) atoms. The second kappa shape index (κ2) is 11.4. The van der Waals surface area contributed by atoms with E-state index in [2.05, 4.69) is 11.9 Å². The van der Waals surface area contributed by atoms with Crippen LogP contribution in [0.1, 0.15) is 22.1 Å². The number of fused-ring (bicyclic) bond motifs is 1. The number of ether oxygens (including phenoxy) is 1. The fraction of sp³-hybridized carbons (Fsp3) is 0.207. The van der Waals surface area contributed by atoms with E-state index >= 15 is 0 Å². The van der Waals surface area contributed by atoms with Gasteiger partial charge in [0.05, 0.1) is 12.5 Å². The molecular formula is C29H26N2O5S2. The summed E-state index contributed by atoms with van der Waals surface area (Å²) in [5.41, 5.74) is 1.86. The molecule has 2 unspecified atom stereocenters. The summed E-state index contributed by atoms with van der Waals surface area (Å²) in [6.45, 7) is 3.64. The van der Waals surface area contributed by atoms with Crippen molar-refractivity contribution >= 4 is 40.9 Å². The smallest absolute Gasteiger partial charge is 0.334 e. The zero-order valence-electron chi connectivity index (χ0n) is 20.3. The van der Waals surface area contributed by atoms with Gasteiger partial charge in [-0.3, -0.25) is 9.59 Å². The minimum absolute atomic E-state index is 0.177. The molecule has 2 amide bonds. The van der Waals surface area contributed by atoms with Crippen LogP contribution in [0.2, 0.25) is 0 Å². The molecule has 0 radical (unpaired) electrons. The highest BCUT2D eigenvalue weighted by Gasteiger charge is 2.57. The Bertz CT molecular complexity index is 1300. The van der Waals surface area contributed by atoms with Crippen molar-refractivity contribution in [2.45, 2.75) is 36.1 Å². The van der Waals surface area contributed by atoms with Gasteiger partial charge in [0.2, 0.25) is 11.8 Å². The Labute approximate surface area is 228 Å². The number of β-lactam (4-membered cyclic amide) rings is 1. The number of rotatable bonds is 9. The van der Waals surface area contributed by atoms with Crippen molar-refractivity contribution in [1.82, 2.24) is 10.2 Å². The molecule has 0 aliphatic carbocycles. The van der Waals surface area contributed by atoms with Crippen molar-refractivity contribution < 1.29 is 24.2 Å². The van der Waals surface area contributed by atoms with E-state index < -0.39 is 41.5 Å². The lowest BCUT2D eigenvalue weighted by atomic mass is 9.94. The number of nitrogens with one attached hydrogen (secondary N) is 1. The summed E-state index contributed by atoms with van der Waals surface area (Å²) >= 11 is 2.75. The molecule has 0 spiro atoms. The predicted octanol–water partition coefficient (Wildman–Crippen LogP) is 3.82. The van der Waals surface area contributed by atoms with Crippen LogP contribution >= 0.6 is 23.1 Å². The maximum absolute atomic E-state index is 13.8. The Hall–Kier alpha value is -3.66. The Kier molecular flexibility index (Phi) is 7.78. The van der Waals surface area contributed by atoms with Gasteiger partial charge in [0.15, 0.2) is 12.1 Å². The lowest BCUT2D eigenvalue weighted by Gasteiger charge is -2.52. The number of hydrogen-bond acceptors (Lipinski definition) is 7. The van der Waals surface area contributed by atoms with Crippen LogP contribution in [-0.4, -0.2) is 51.4 Å². The topological polar surface area (TPSA) is 95.9 Å². The Morgan fingerprint density at radius 3 is 2.29 bits per heavy atom. The highest BCUT2D eigenvalue weighted by Crippen LogP contribution is 2.42. The van der Waals surface area contributed by atoms with Gasteiger partial charge in [-0.05, 0) is 28.0 Å². The fourth-order valence-electron chi connectivity index (χ4n) is 4.59. The first-order valence-corrected chi connectivity index (χ1v) is 13.9. The van der Waals surface area contributed by atoms with Gasteiger partial charge in [0.1, 0.15) is 11.4 Å². The van der Waals surface area contributed by atoms with Gasteiger partial charge in [-0.2, -0.15) is 0 Å². The SMILES string of the molecule is C=CC(O)C1=CS[C@@H]2[C@H](NC(=O)Cc3cccs3)C(=O)N2C1C(=O)OC(c1ccccc1)c1ccccc1. The van der Waals surface area contributed by atoms with E-state index in [0.29, 0.717) is 5.57 Å². The number of hydrogen-bond donors (Lipinski definition) is 2. The Balaban J connectivity index is 1.39. The van der Waals surface area contributed by atoms with Gasteiger partial charge < -0.3 is 20.1 Å². The summed E-state index contributed by atoms with van der Waals surface area (Å²) in [6.07, 6.45) is -0.370. The second-order valence-electron chi connectivity index (χ2n) is 8.91. The maximum atomic E-state index is 13.8. The van der Waals surface area contributed by atoms with Gasteiger partial charge >= 0.3 is 5.97 Å². The molecule has 9 heteroatoms. The van der Waals surface area contributed by atoms with Crippen LogP contribution in [0, 0.1) is 0 Å². The number of carbonyl (C=O) groups excluding carboxylic acids is 3. The van der Waals surface area contributed by atoms with Gasteiger partial charge in [0, 0.05) is 10.5 Å². The number of aliphatic hydroxyl groups excluding tert-OH is 1. The molecule has 1 fully saturated rings. The number of aliphatic hydroxyl groups is 1. The van der Waals surface area contributed by atoms with Gasteiger partial charge in [-0.1, -0.05) is 72.8 Å². The fourth-order valence-corrected chi connectivity index (χ4v) is 6.56. The van der Waals surface area contributed by atoms with E-state index in [1.165, 1.54) is 34.1 Å². The van der Waals surface area contributed by atoms with Gasteiger partial charge in [-0.25, -0.2) is 4.79 Å². The van der Waals surface area contributed by atoms with Crippen molar-refractivity contribution in [1.29, 1.82) is 0 Å². The largest absolute Gasteiger partial charge is 0.451 e. The third kappa shape index (κ3) is 5.18. The summed E-state index contributed by atoms with van der Waals surface area (Å²) in [6, 6.07) is 20.5. The van der Waals surface area contributed by atoms with Gasteiger partial charge in [-0.15, -0.1) is 29.7 Å². The molecule has 2 N–H and O–H groups in total. The van der Waals surface area contributed by atoms with Crippen LogP contribution in [0.5, 0.6) is 0 Å². The van der Waals surface area contributed by atoms with Crippen molar-refractivity contribution in [3.63, 3.8) is 0 Å². The van der Waals surface area contributed by atoms with Crippen molar-refractivity contribution in [2.75, 3.05) is 0 Å². The summed E-state index contributed by atoms with van der Waals surface area (Å²) < 4.78 is 6.06. The third-order valence-corrected chi connectivity index (χ3v) is 8.54. The highest BCUT2D eigenvalue weighted by atomic mass is 32.2. The average molecular weight is 547 g/mol. The Morgan fingerprint density at radius 2 is 1.71 bits per heavy atom. The molecule has 194 valence electrons. The maximum Gasteiger partial charge on any atom is 0.334 e. The van der Waals surface area contributed by atoms with E-state index in [0.717, 1.165) is 16.0 Å². The minimum atomic E-state index is -1.15. The molecule has 0 saturated carbocycles. The van der Waals surface area contributed by atoms with Gasteiger partial charge in [0.25, 0.3) is 0 Å². The molecule has 2 aliphatic heterocycles. The zero-order valence-corrected chi connectivity index (χ0v) is 21.9. The number of thioether (sulfide) groups is 1. The molecule has 4 atom stereocenters. The van der Waals surface area contributed by atoms with Crippen LogP contribution in [0.25, 0.3) is 0 Å². The molecule has 2 aliphatic rings. The number of carbonyl (C=O) groups is 3. The quantitative estimate of drug-likeness (QED) is 0.241. The first kappa shape index (κ1) is 26.0. The first-order valence-electron chi connectivity index (χ1n) is 12.1. The van der Waals surface area contributed by atoms with Crippen LogP contribution in [0.3, 0.4) is 0 Å². The molecule has 5 rings (SSSR count). The predicted molar refractivity (Wildman–Crippen MR) is 147 cm³/mol. The van der Waals surface area contributed by atoms with E-state index in [1.54, 1.807) is 5.41 Å². The summed E-state index contributed by atoms with van der Waals surface area (Å²) in [5, 5.41) is 16.5. The summed E-state index contributed by atoms with van der Waals surface area (Å²) in [5.74, 6) is -1.34. The number of thiophene rings is 1. The molecule has 1 aromatic heterocycles. The molecule has 2 aromatic carbocycles. The molecule has 7 nitrogen and oxygen atoms in total. The van der Waals surface area contributed by atoms with Crippen LogP contribution < -0.4 is 5.32 Å². The van der Waals surface area contributed by atoms with E-state index in [9.17, 15) is 19.5 Å². The van der Waals surface area contributed by atoms with E-state index in [-0.39, 0.29) is 12.3 Å². The molecule has 1 saturated heterocycles. The van der Waals surface area contributed by atoms with Crippen molar-refractivity contribution in [2.24, 2.45) is 0 Å². The monoisotopic (exact) mass is 546 g/mol. The number of nitrogens with zero attached hydrogens (tertiary/aromatic N) is 1. The molecule has 3 heterocycles. The third-order valence-electron chi connectivity index (χ3n) is 6.48. The van der Waals surface area contributed by atoms with Crippen LogP contribution in [-0.2, 0) is 25.5 Å². The number of amides is 2. The van der Waals surface area contributed by atoms with E-state index in [4.69, 9.17) is 4.74 Å². The highest BCUT2D eigenvalue weighted by molar-refractivity contribution is 8.03. The molecule has 3 aromatic rings. The number of esters is 1. The average Bonchev–Trinajstić information content (AvgIpc) is 3.47. The van der Waals surface area contributed by atoms with Crippen LogP contribution in [0.15, 0.2) is 102 Å². The summed E-state index contributed by atoms with van der Waals surface area (Å²) in [4.78, 5) is 41.9. The molecular weight excluding hydrogens is 520 g/mol. The second-order valence-corrected chi connectivity index (χ2v) is 10.9. The zero-order chi connectivity index (χ0) is 26.6. The summed E-state index contributed by atoms with van der Waals surface area (Å²) in [7, 11) is 0. The first-order chi connectivity index (χ1) is 18.5. The van der Waals surface area contributed by atoms with Crippen LogP contribution in [0.4, 0.5) is 0 Å².